The molecule has 0 bridgehead atoms. The van der Waals surface area contributed by atoms with Crippen LogP contribution >= 0.6 is 11.6 Å². The number of carbonyl (C=O) groups is 2. The number of ether oxygens (including phenoxy) is 2. The summed E-state index contributed by atoms with van der Waals surface area (Å²) in [6.45, 7) is -0.0330. The second-order valence-corrected chi connectivity index (χ2v) is 6.83. The van der Waals surface area contributed by atoms with Gasteiger partial charge in [-0.2, -0.15) is 0 Å². The van der Waals surface area contributed by atoms with Crippen LogP contribution in [0, 0.1) is 0 Å². The number of para-hydroxylation sites is 2. The Hall–Kier alpha value is -3.38. The molecule has 2 aromatic carbocycles. The van der Waals surface area contributed by atoms with Gasteiger partial charge in [0.2, 0.25) is 0 Å². The molecule has 0 radical (unpaired) electrons. The van der Waals surface area contributed by atoms with E-state index in [1.165, 1.54) is 7.11 Å². The number of methoxy groups -OCH3 is 1. The van der Waals surface area contributed by atoms with E-state index in [-0.39, 0.29) is 13.2 Å². The smallest absolute Gasteiger partial charge is 0.340 e. The molecule has 0 spiro atoms. The Kier molecular flexibility index (Phi) is 5.18. The van der Waals surface area contributed by atoms with Crippen LogP contribution in [0.2, 0.25) is 5.15 Å². The molecule has 0 amide bonds. The van der Waals surface area contributed by atoms with Crippen molar-refractivity contribution in [3.63, 3.8) is 0 Å². The molecule has 7 heteroatoms. The van der Waals surface area contributed by atoms with Crippen LogP contribution in [0.5, 0.6) is 0 Å². The first-order valence-electron chi connectivity index (χ1n) is 8.93. The maximum atomic E-state index is 12.4. The van der Waals surface area contributed by atoms with E-state index in [9.17, 15) is 9.59 Å². The number of carbonyl (C=O) groups excluding carboxylic acids is 2. The van der Waals surface area contributed by atoms with E-state index >= 15 is 0 Å². The molecule has 0 aliphatic heterocycles. The van der Waals surface area contributed by atoms with E-state index in [1.54, 1.807) is 10.8 Å². The minimum absolute atomic E-state index is 0.0125. The van der Waals surface area contributed by atoms with E-state index in [1.807, 2.05) is 54.6 Å². The van der Waals surface area contributed by atoms with Crippen molar-refractivity contribution in [3.8, 4) is 0 Å². The number of fused-ring (bicyclic) bond motifs is 2. The monoisotopic (exact) mass is 408 g/mol. The fraction of sp³-hybridized carbons (Fsp3) is 0.136. The van der Waals surface area contributed by atoms with Gasteiger partial charge in [-0.3, -0.25) is 4.79 Å². The minimum atomic E-state index is -0.456. The quantitative estimate of drug-likeness (QED) is 0.362. The minimum Gasteiger partial charge on any atom is -0.465 e. The molecule has 0 aliphatic carbocycles. The number of rotatable bonds is 5. The molecule has 4 rings (SSSR count). The lowest BCUT2D eigenvalue weighted by atomic mass is 10.2. The molecule has 0 fully saturated rings. The molecular weight excluding hydrogens is 392 g/mol. The molecule has 2 aromatic heterocycles. The van der Waals surface area contributed by atoms with Gasteiger partial charge >= 0.3 is 11.9 Å². The molecule has 4 aromatic rings. The maximum Gasteiger partial charge on any atom is 0.340 e. The topological polar surface area (TPSA) is 70.4 Å². The van der Waals surface area contributed by atoms with Gasteiger partial charge in [0.25, 0.3) is 0 Å². The lowest BCUT2D eigenvalue weighted by Gasteiger charge is -2.09. The molecule has 6 nitrogen and oxygen atoms in total. The highest BCUT2D eigenvalue weighted by Crippen LogP contribution is 2.23. The summed E-state index contributed by atoms with van der Waals surface area (Å²) in [4.78, 5) is 28.8. The van der Waals surface area contributed by atoms with Crippen LogP contribution in [0.3, 0.4) is 0 Å². The van der Waals surface area contributed by atoms with Crippen LogP contribution in [0.1, 0.15) is 15.9 Å². The number of esters is 2. The van der Waals surface area contributed by atoms with Crippen LogP contribution in [-0.4, -0.2) is 28.6 Å². The highest BCUT2D eigenvalue weighted by molar-refractivity contribution is 6.30. The van der Waals surface area contributed by atoms with Crippen LogP contribution < -0.4 is 0 Å². The van der Waals surface area contributed by atoms with Crippen molar-refractivity contribution in [3.05, 3.63) is 77.1 Å². The molecule has 0 unspecified atom stereocenters. The second kappa shape index (κ2) is 7.93. The van der Waals surface area contributed by atoms with E-state index in [4.69, 9.17) is 21.1 Å². The zero-order valence-corrected chi connectivity index (χ0v) is 16.3. The van der Waals surface area contributed by atoms with Gasteiger partial charge in [0, 0.05) is 28.0 Å². The van der Waals surface area contributed by atoms with Gasteiger partial charge in [-0.25, -0.2) is 9.78 Å². The summed E-state index contributed by atoms with van der Waals surface area (Å²) in [6.07, 6.45) is 1.60. The summed E-state index contributed by atoms with van der Waals surface area (Å²) in [5.74, 6) is -0.909. The lowest BCUT2D eigenvalue weighted by Crippen LogP contribution is -2.13. The summed E-state index contributed by atoms with van der Waals surface area (Å²) < 4.78 is 11.9. The zero-order chi connectivity index (χ0) is 20.4. The fourth-order valence-electron chi connectivity index (χ4n) is 3.23. The standard InChI is InChI=1S/C22H17ClN2O4/c1-28-22(27)17-11-25(19-9-5-3-7-16(17)19)12-20(26)29-13-15-10-14-6-2-4-8-18(14)24-21(15)23/h2-11H,12-13H2,1H3. The van der Waals surface area contributed by atoms with Gasteiger partial charge in [0.05, 0.1) is 18.2 Å². The van der Waals surface area contributed by atoms with Crippen molar-refractivity contribution in [1.29, 1.82) is 0 Å². The Morgan fingerprint density at radius 1 is 1.10 bits per heavy atom. The van der Waals surface area contributed by atoms with Crippen LogP contribution in [0.4, 0.5) is 0 Å². The molecule has 0 atom stereocenters. The Balaban J connectivity index is 1.52. The normalized spacial score (nSPS) is 11.0. The Labute approximate surface area is 171 Å². The highest BCUT2D eigenvalue weighted by atomic mass is 35.5. The lowest BCUT2D eigenvalue weighted by molar-refractivity contribution is -0.145. The van der Waals surface area contributed by atoms with Crippen molar-refractivity contribution in [1.82, 2.24) is 9.55 Å². The summed E-state index contributed by atoms with van der Waals surface area (Å²) in [7, 11) is 1.32. The molecule has 0 saturated carbocycles. The summed E-state index contributed by atoms with van der Waals surface area (Å²) in [6, 6.07) is 16.7. The number of hydrogen-bond acceptors (Lipinski definition) is 5. The first-order valence-corrected chi connectivity index (χ1v) is 9.30. The summed E-state index contributed by atoms with van der Waals surface area (Å²) in [5, 5.41) is 1.94. The number of hydrogen-bond donors (Lipinski definition) is 0. The van der Waals surface area contributed by atoms with Crippen LogP contribution in [-0.2, 0) is 27.4 Å². The summed E-state index contributed by atoms with van der Waals surface area (Å²) in [5.41, 5.74) is 2.56. The van der Waals surface area contributed by atoms with Gasteiger partial charge in [-0.05, 0) is 18.2 Å². The third kappa shape index (κ3) is 3.79. The van der Waals surface area contributed by atoms with Gasteiger partial charge in [0.15, 0.2) is 0 Å². The average Bonchev–Trinajstić information content (AvgIpc) is 3.10. The maximum absolute atomic E-state index is 12.4. The van der Waals surface area contributed by atoms with Crippen molar-refractivity contribution < 1.29 is 19.1 Å². The molecule has 0 saturated heterocycles. The molecule has 29 heavy (non-hydrogen) atoms. The van der Waals surface area contributed by atoms with E-state index in [0.29, 0.717) is 21.7 Å². The van der Waals surface area contributed by atoms with Crippen molar-refractivity contribution in [2.45, 2.75) is 13.2 Å². The molecule has 2 heterocycles. The average molecular weight is 409 g/mol. The molecule has 0 aliphatic rings. The number of halogens is 1. The van der Waals surface area contributed by atoms with Crippen molar-refractivity contribution in [2.24, 2.45) is 0 Å². The predicted molar refractivity (Wildman–Crippen MR) is 110 cm³/mol. The molecular formula is C22H17ClN2O4. The van der Waals surface area contributed by atoms with E-state index in [2.05, 4.69) is 4.98 Å². The predicted octanol–water partition coefficient (Wildman–Crippen LogP) is 4.37. The SMILES string of the molecule is COC(=O)c1cn(CC(=O)OCc2cc3ccccc3nc2Cl)c2ccccc12. The third-order valence-electron chi connectivity index (χ3n) is 4.63. The van der Waals surface area contributed by atoms with Gasteiger partial charge < -0.3 is 14.0 Å². The number of nitrogens with zero attached hydrogens (tertiary/aromatic N) is 2. The second-order valence-electron chi connectivity index (χ2n) is 6.47. The first kappa shape index (κ1) is 19.0. The van der Waals surface area contributed by atoms with Crippen molar-refractivity contribution in [2.75, 3.05) is 7.11 Å². The number of aromatic nitrogens is 2. The van der Waals surface area contributed by atoms with Gasteiger partial charge in [0.1, 0.15) is 18.3 Å². The Morgan fingerprint density at radius 3 is 2.69 bits per heavy atom. The fourth-order valence-corrected chi connectivity index (χ4v) is 3.43. The van der Waals surface area contributed by atoms with Crippen LogP contribution in [0.25, 0.3) is 21.8 Å². The zero-order valence-electron chi connectivity index (χ0n) is 15.6. The summed E-state index contributed by atoms with van der Waals surface area (Å²) >= 11 is 6.22. The van der Waals surface area contributed by atoms with E-state index in [0.717, 1.165) is 16.4 Å². The third-order valence-corrected chi connectivity index (χ3v) is 4.96. The Morgan fingerprint density at radius 2 is 1.86 bits per heavy atom. The van der Waals surface area contributed by atoms with Crippen LogP contribution in [0.15, 0.2) is 60.8 Å². The van der Waals surface area contributed by atoms with Gasteiger partial charge in [-0.1, -0.05) is 48.0 Å². The van der Waals surface area contributed by atoms with Crippen molar-refractivity contribution >= 4 is 45.3 Å². The highest BCUT2D eigenvalue weighted by Gasteiger charge is 2.17. The van der Waals surface area contributed by atoms with Gasteiger partial charge in [-0.15, -0.1) is 0 Å². The molecule has 0 N–H and O–H groups in total. The Bertz CT molecular complexity index is 1230. The number of benzene rings is 2. The first-order chi connectivity index (χ1) is 14.1. The molecule has 146 valence electrons. The largest absolute Gasteiger partial charge is 0.465 e. The van der Waals surface area contributed by atoms with E-state index < -0.39 is 11.9 Å². The number of pyridine rings is 1.